The number of aliphatic imine (C=N–C) groups is 1. The quantitative estimate of drug-likeness (QED) is 0.241. The Labute approximate surface area is 41.2 Å². The third-order valence-corrected chi connectivity index (χ3v) is 0.312. The van der Waals surface area contributed by atoms with E-state index in [9.17, 15) is 0 Å². The highest BCUT2D eigenvalue weighted by molar-refractivity contribution is 7.96. The van der Waals surface area contributed by atoms with Gasteiger partial charge in [-0.25, -0.2) is 4.99 Å². The Balaban J connectivity index is 3.41. The van der Waals surface area contributed by atoms with Crippen molar-refractivity contribution in [1.29, 1.82) is 5.41 Å². The number of nitrogens with two attached hydrogens (primary N) is 1. The van der Waals surface area contributed by atoms with Crippen LogP contribution in [-0.2, 0) is 0 Å². The van der Waals surface area contributed by atoms with Crippen molar-refractivity contribution >= 4 is 24.1 Å². The predicted molar refractivity (Wildman–Crippen MR) is 29.4 cm³/mol. The first-order valence-corrected chi connectivity index (χ1v) is 1.73. The van der Waals surface area contributed by atoms with E-state index < -0.39 is 0 Å². The molecule has 3 N–H and O–H groups in total. The molecule has 0 radical (unpaired) electrons. The van der Waals surface area contributed by atoms with E-state index in [0.717, 1.165) is 6.34 Å². The normalized spacial score (nSPS) is 11.2. The Hall–Kier alpha value is -0.510. The Bertz CT molecular complexity index is 72.9. The van der Waals surface area contributed by atoms with Gasteiger partial charge in [-0.3, -0.25) is 5.41 Å². The summed E-state index contributed by atoms with van der Waals surface area (Å²) in [5, 5.41) is 6.41. The highest BCUT2D eigenvalue weighted by Gasteiger charge is 1.67. The van der Waals surface area contributed by atoms with Gasteiger partial charge < -0.3 is 5.73 Å². The molecule has 0 rings (SSSR count). The lowest BCUT2D eigenvalue weighted by molar-refractivity contribution is 1.51. The van der Waals surface area contributed by atoms with Gasteiger partial charge in [-0.2, -0.15) is 0 Å². The van der Waals surface area contributed by atoms with E-state index in [1.807, 2.05) is 0 Å². The predicted octanol–water partition coefficient (Wildman–Crippen LogP) is -0.162. The third-order valence-electron chi connectivity index (χ3n) is 0.197. The number of hydrogen-bond donors (Lipinski definition) is 3. The summed E-state index contributed by atoms with van der Waals surface area (Å²) in [6, 6.07) is 0. The molecule has 0 amide bonds. The largest absolute Gasteiger partial charge is 0.378 e. The van der Waals surface area contributed by atoms with Crippen LogP contribution in [0.2, 0.25) is 0 Å². The second-order valence-corrected chi connectivity index (χ2v) is 1.07. The first kappa shape index (κ1) is 5.49. The van der Waals surface area contributed by atoms with E-state index in [4.69, 9.17) is 11.1 Å². The summed E-state index contributed by atoms with van der Waals surface area (Å²) in [5.41, 5.74) is 4.87. The zero-order chi connectivity index (χ0) is 4.99. The van der Waals surface area contributed by atoms with Gasteiger partial charge in [0, 0.05) is 0 Å². The Morgan fingerprint density at radius 3 is 2.50 bits per heavy atom. The molecule has 0 aliphatic carbocycles. The van der Waals surface area contributed by atoms with Crippen LogP contribution in [0.4, 0.5) is 0 Å². The second kappa shape index (κ2) is 2.71. The molecule has 34 valence electrons. The van der Waals surface area contributed by atoms with Crippen LogP contribution >= 0.6 is 12.6 Å². The molecule has 0 fully saturated rings. The van der Waals surface area contributed by atoms with Gasteiger partial charge in [-0.15, -0.1) is 12.6 Å². The average molecular weight is 103 g/mol. The van der Waals surface area contributed by atoms with Crippen LogP contribution in [0.25, 0.3) is 0 Å². The number of rotatable bonds is 1. The van der Waals surface area contributed by atoms with Gasteiger partial charge in [0.05, 0.1) is 0 Å². The third kappa shape index (κ3) is 3.49. The van der Waals surface area contributed by atoms with E-state index in [1.165, 1.54) is 0 Å². The molecule has 3 nitrogen and oxygen atoms in total. The van der Waals surface area contributed by atoms with Crippen molar-refractivity contribution in [2.75, 3.05) is 0 Å². The Morgan fingerprint density at radius 1 is 2.00 bits per heavy atom. The molecular weight excluding hydrogens is 98.1 g/mol. The van der Waals surface area contributed by atoms with Crippen LogP contribution in [0.3, 0.4) is 0 Å². The van der Waals surface area contributed by atoms with E-state index in [2.05, 4.69) is 17.6 Å². The molecule has 0 saturated carbocycles. The minimum atomic E-state index is 0.116. The van der Waals surface area contributed by atoms with E-state index in [1.54, 1.807) is 0 Å². The molecule has 0 spiro atoms. The van der Waals surface area contributed by atoms with Gasteiger partial charge in [0.2, 0.25) is 0 Å². The van der Waals surface area contributed by atoms with Crippen LogP contribution in [0.1, 0.15) is 0 Å². The summed E-state index contributed by atoms with van der Waals surface area (Å²) >= 11 is 3.55. The topological polar surface area (TPSA) is 62.2 Å². The number of amidine groups is 1. The van der Waals surface area contributed by atoms with Crippen LogP contribution in [0, 0.1) is 5.41 Å². The summed E-state index contributed by atoms with van der Waals surface area (Å²) < 4.78 is 0. The minimum absolute atomic E-state index is 0.116. The van der Waals surface area contributed by atoms with Crippen molar-refractivity contribution in [1.82, 2.24) is 0 Å². The van der Waals surface area contributed by atoms with Gasteiger partial charge in [0.15, 0.2) is 5.17 Å². The number of nitrogens with zero attached hydrogens (tertiary/aromatic N) is 1. The van der Waals surface area contributed by atoms with E-state index >= 15 is 0 Å². The molecule has 0 aromatic carbocycles. The molecule has 0 unspecified atom stereocenters. The first-order valence-electron chi connectivity index (χ1n) is 1.28. The van der Waals surface area contributed by atoms with Crippen molar-refractivity contribution in [3.8, 4) is 0 Å². The fourth-order valence-corrected chi connectivity index (χ4v) is 0.124. The minimum Gasteiger partial charge on any atom is -0.378 e. The monoisotopic (exact) mass is 103 g/mol. The lowest BCUT2D eigenvalue weighted by Gasteiger charge is -1.75. The van der Waals surface area contributed by atoms with Gasteiger partial charge >= 0.3 is 0 Å². The second-order valence-electron chi connectivity index (χ2n) is 0.616. The molecule has 0 saturated heterocycles. The first-order chi connectivity index (χ1) is 2.77. The van der Waals surface area contributed by atoms with Gasteiger partial charge in [-0.05, 0) is 0 Å². The molecule has 4 heteroatoms. The molecule has 6 heavy (non-hydrogen) atoms. The summed E-state index contributed by atoms with van der Waals surface area (Å²) in [7, 11) is 0. The summed E-state index contributed by atoms with van der Waals surface area (Å²) in [4.78, 5) is 3.23. The zero-order valence-electron chi connectivity index (χ0n) is 3.05. The molecule has 0 aromatic rings. The fraction of sp³-hybridized carbons (Fsp3) is 0. The molecule has 0 atom stereocenters. The summed E-state index contributed by atoms with van der Waals surface area (Å²) in [6.07, 6.45) is 0.836. The van der Waals surface area contributed by atoms with Crippen LogP contribution in [-0.4, -0.2) is 11.5 Å². The van der Waals surface area contributed by atoms with Crippen LogP contribution in [0.5, 0.6) is 0 Å². The summed E-state index contributed by atoms with van der Waals surface area (Å²) in [5.74, 6) is 0. The van der Waals surface area contributed by atoms with Gasteiger partial charge in [0.1, 0.15) is 6.34 Å². The van der Waals surface area contributed by atoms with Crippen molar-refractivity contribution in [3.63, 3.8) is 0 Å². The van der Waals surface area contributed by atoms with Crippen molar-refractivity contribution in [2.45, 2.75) is 0 Å². The molecule has 0 aliphatic rings. The van der Waals surface area contributed by atoms with Crippen LogP contribution < -0.4 is 5.73 Å². The number of nitrogens with one attached hydrogen (secondary N) is 1. The maximum atomic E-state index is 6.29. The highest BCUT2D eigenvalue weighted by atomic mass is 32.1. The van der Waals surface area contributed by atoms with Crippen molar-refractivity contribution in [3.05, 3.63) is 0 Å². The smallest absolute Gasteiger partial charge is 0.157 e. The Morgan fingerprint density at radius 2 is 2.50 bits per heavy atom. The SMILES string of the molecule is N=C/N=C(/N)S. The lowest BCUT2D eigenvalue weighted by atomic mass is 11.2. The lowest BCUT2D eigenvalue weighted by Crippen LogP contribution is -2.00. The zero-order valence-corrected chi connectivity index (χ0v) is 3.94. The molecule has 0 aromatic heterocycles. The van der Waals surface area contributed by atoms with Crippen molar-refractivity contribution in [2.24, 2.45) is 10.7 Å². The fourth-order valence-electron chi connectivity index (χ4n) is 0.0661. The molecule has 0 bridgehead atoms. The van der Waals surface area contributed by atoms with Gasteiger partial charge in [-0.1, -0.05) is 0 Å². The van der Waals surface area contributed by atoms with E-state index in [-0.39, 0.29) is 5.17 Å². The average Bonchev–Trinajstić information content (AvgIpc) is 1.35. The van der Waals surface area contributed by atoms with Crippen LogP contribution in [0.15, 0.2) is 4.99 Å². The number of thiol groups is 1. The van der Waals surface area contributed by atoms with Crippen molar-refractivity contribution < 1.29 is 0 Å². The summed E-state index contributed by atoms with van der Waals surface area (Å²) in [6.45, 7) is 0. The highest BCUT2D eigenvalue weighted by Crippen LogP contribution is 1.66. The van der Waals surface area contributed by atoms with E-state index in [0.29, 0.717) is 0 Å². The molecule has 0 aliphatic heterocycles. The maximum Gasteiger partial charge on any atom is 0.157 e. The standard InChI is InChI=1S/C2H5N3S/c3-1-5-2(4)6/h1H,(H4,3,4,5,6). The maximum absolute atomic E-state index is 6.29. The van der Waals surface area contributed by atoms with Gasteiger partial charge in [0.25, 0.3) is 0 Å². The molecule has 0 heterocycles. The Kier molecular flexibility index (Phi) is 2.48. The molecular formula is C2H5N3S. The number of hydrogen-bond acceptors (Lipinski definition) is 1.